The van der Waals surface area contributed by atoms with E-state index in [-0.39, 0.29) is 56.3 Å². The Labute approximate surface area is 404 Å². The molecular weight excluding hydrogens is 903 g/mol. The van der Waals surface area contributed by atoms with E-state index in [1.165, 1.54) is 18.9 Å². The molecule has 0 aromatic rings. The van der Waals surface area contributed by atoms with Gasteiger partial charge < -0.3 is 74.0 Å². The highest BCUT2D eigenvalue weighted by molar-refractivity contribution is 5.98. The maximum atomic E-state index is 14.0. The summed E-state index contributed by atoms with van der Waals surface area (Å²) in [5.41, 5.74) is 10.9. The number of aliphatic hydroxyl groups is 2. The average Bonchev–Trinajstić information content (AvgIpc) is 3.79. The molecule has 9 atom stereocenters. The van der Waals surface area contributed by atoms with Crippen LogP contribution >= 0.6 is 0 Å². The van der Waals surface area contributed by atoms with Gasteiger partial charge in [-0.1, -0.05) is 54.4 Å². The molecule has 1 rings (SSSR count). The lowest BCUT2D eigenvalue weighted by molar-refractivity contribution is -0.142. The third kappa shape index (κ3) is 20.6. The Morgan fingerprint density at radius 3 is 1.65 bits per heavy atom. The molecule has 25 heteroatoms. The first-order valence-corrected chi connectivity index (χ1v) is 23.5. The molecule has 10 amide bonds. The molecule has 0 saturated carbocycles. The lowest BCUT2D eigenvalue weighted by Gasteiger charge is -2.31. The molecule has 1 aliphatic heterocycles. The van der Waals surface area contributed by atoms with Crippen molar-refractivity contribution in [2.24, 2.45) is 34.2 Å². The van der Waals surface area contributed by atoms with E-state index in [2.05, 4.69) is 47.5 Å². The summed E-state index contributed by atoms with van der Waals surface area (Å²) >= 11 is 0. The minimum absolute atomic E-state index is 0.0710. The number of carbonyl (C=O) groups excluding carboxylic acids is 10. The van der Waals surface area contributed by atoms with Crippen molar-refractivity contribution in [3.8, 4) is 0 Å². The molecule has 0 spiro atoms. The van der Waals surface area contributed by atoms with Crippen LogP contribution in [0.4, 0.5) is 0 Å². The maximum absolute atomic E-state index is 14.0. The van der Waals surface area contributed by atoms with E-state index >= 15 is 0 Å². The number of rotatable bonds is 29. The second-order valence-electron chi connectivity index (χ2n) is 18.0. The van der Waals surface area contributed by atoms with E-state index in [9.17, 15) is 58.2 Å². The average molecular weight is 982 g/mol. The van der Waals surface area contributed by atoms with Crippen molar-refractivity contribution >= 4 is 65.0 Å². The fraction of sp³-hybridized carbons (Fsp3) is 0.750. The number of likely N-dealkylation sites (tertiary alicyclic amines) is 1. The summed E-state index contributed by atoms with van der Waals surface area (Å²) in [6.45, 7) is 12.6. The van der Waals surface area contributed by atoms with Crippen LogP contribution in [0.2, 0.25) is 0 Å². The molecule has 69 heavy (non-hydrogen) atoms. The van der Waals surface area contributed by atoms with Gasteiger partial charge in [0, 0.05) is 33.1 Å². The molecule has 14 N–H and O–H groups in total. The highest BCUT2D eigenvalue weighted by atomic mass is 16.3. The molecule has 0 aromatic carbocycles. The summed E-state index contributed by atoms with van der Waals surface area (Å²) in [6.07, 6.45) is 2.02. The summed E-state index contributed by atoms with van der Waals surface area (Å²) in [4.78, 5) is 138. The van der Waals surface area contributed by atoms with Crippen LogP contribution in [0, 0.1) is 17.8 Å². The second kappa shape index (κ2) is 30.4. The zero-order chi connectivity index (χ0) is 52.7. The van der Waals surface area contributed by atoms with Crippen molar-refractivity contribution in [2.75, 3.05) is 46.4 Å². The van der Waals surface area contributed by atoms with Gasteiger partial charge in [-0.25, -0.2) is 0 Å². The van der Waals surface area contributed by atoms with E-state index in [0.29, 0.717) is 25.7 Å². The number of nitrogens with two attached hydrogens (primary N) is 2. The van der Waals surface area contributed by atoms with Gasteiger partial charge in [-0.2, -0.15) is 0 Å². The van der Waals surface area contributed by atoms with Gasteiger partial charge >= 0.3 is 0 Å². The lowest BCUT2D eigenvalue weighted by Crippen LogP contribution is -2.62. The SMILES string of the molecule is CC[C@@H](C)[C@@H](NC(=O)[C@@H](NC(=O)CNC(=O)CN(C)C(C)=O)C(C)C)C(=O)N[C@@H](CO)C(=O)N[C@@H](CO)C(=O)N[C@H](C(=O)N[C@@H](CCCN=C(N)N)C(=O)N1CCC[C@H]1C(=O)NC(C)C)[C@@H](C)CC. The van der Waals surface area contributed by atoms with Crippen LogP contribution < -0.4 is 54.0 Å². The maximum Gasteiger partial charge on any atom is 0.245 e. The normalized spacial score (nSPS) is 16.8. The number of nitrogens with one attached hydrogen (secondary N) is 8. The van der Waals surface area contributed by atoms with Crippen molar-refractivity contribution in [1.29, 1.82) is 0 Å². The molecule has 1 fully saturated rings. The van der Waals surface area contributed by atoms with Crippen LogP contribution in [0.5, 0.6) is 0 Å². The Morgan fingerprint density at radius 2 is 1.17 bits per heavy atom. The number of aliphatic imine (C=N–C) groups is 1. The van der Waals surface area contributed by atoms with Gasteiger partial charge in [-0.3, -0.25) is 52.9 Å². The lowest BCUT2D eigenvalue weighted by atomic mass is 9.96. The summed E-state index contributed by atoms with van der Waals surface area (Å²) in [5, 5.41) is 40.8. The van der Waals surface area contributed by atoms with Crippen molar-refractivity contribution in [3.63, 3.8) is 0 Å². The van der Waals surface area contributed by atoms with Crippen LogP contribution in [0.15, 0.2) is 4.99 Å². The van der Waals surface area contributed by atoms with Crippen LogP contribution in [0.3, 0.4) is 0 Å². The zero-order valence-corrected chi connectivity index (χ0v) is 41.8. The summed E-state index contributed by atoms with van der Waals surface area (Å²) < 4.78 is 0. The van der Waals surface area contributed by atoms with Gasteiger partial charge in [0.05, 0.1) is 26.3 Å². The Kier molecular flexibility index (Phi) is 26.8. The van der Waals surface area contributed by atoms with Crippen LogP contribution in [-0.4, -0.2) is 180 Å². The third-order valence-electron chi connectivity index (χ3n) is 11.7. The Bertz CT molecular complexity index is 1810. The Morgan fingerprint density at radius 1 is 0.681 bits per heavy atom. The standard InChI is InChI=1S/C44H79N13O12/c1-11-25(7)35(41(67)50-28(15-13-17-47-44(45)46)43(69)57-18-14-16-31(57)39(65)49-24(5)6)54-38(64)30(22-59)51-37(63)29(21-58)52-42(68)36(26(8)12-2)55-40(66)34(23(3)4)53-32(61)19-48-33(62)20-56(10)27(9)60/h23-26,28-31,34-36,58-59H,11-22H2,1-10H3,(H,48,62)(H,49,65)(H,50,67)(H,51,63)(H,52,68)(H,53,61)(H,54,64)(H,55,66)(H4,45,46,47)/t25-,26+,28-,29-,30-,31-,34-,35-,36+/m0/s1. The van der Waals surface area contributed by atoms with Crippen LogP contribution in [-0.2, 0) is 47.9 Å². The number of hydrogen-bond acceptors (Lipinski definition) is 13. The topological polar surface area (TPSA) is 378 Å². The van der Waals surface area contributed by atoms with Crippen LogP contribution in [0.1, 0.15) is 101 Å². The smallest absolute Gasteiger partial charge is 0.245 e. The predicted molar refractivity (Wildman–Crippen MR) is 254 cm³/mol. The molecule has 0 radical (unpaired) electrons. The van der Waals surface area contributed by atoms with E-state index in [1.54, 1.807) is 55.4 Å². The fourth-order valence-electron chi connectivity index (χ4n) is 7.05. The molecular formula is C44H79N13O12. The molecule has 0 bridgehead atoms. The third-order valence-corrected chi connectivity index (χ3v) is 11.7. The monoisotopic (exact) mass is 982 g/mol. The van der Waals surface area contributed by atoms with Crippen molar-refractivity contribution in [3.05, 3.63) is 0 Å². The number of likely N-dealkylation sites (N-methyl/N-ethyl adjacent to an activating group) is 1. The highest BCUT2D eigenvalue weighted by Crippen LogP contribution is 2.21. The molecule has 1 heterocycles. The first-order valence-electron chi connectivity index (χ1n) is 23.5. The number of nitrogens with zero attached hydrogens (tertiary/aromatic N) is 3. The summed E-state index contributed by atoms with van der Waals surface area (Å²) in [7, 11) is 1.41. The number of aliphatic hydroxyl groups excluding tert-OH is 2. The van der Waals surface area contributed by atoms with E-state index in [4.69, 9.17) is 11.5 Å². The predicted octanol–water partition coefficient (Wildman–Crippen LogP) is -4.21. The molecule has 25 nitrogen and oxygen atoms in total. The first kappa shape index (κ1) is 60.9. The zero-order valence-electron chi connectivity index (χ0n) is 41.8. The largest absolute Gasteiger partial charge is 0.394 e. The minimum Gasteiger partial charge on any atom is -0.394 e. The van der Waals surface area contributed by atoms with E-state index < -0.39 is 127 Å². The van der Waals surface area contributed by atoms with Gasteiger partial charge in [0.1, 0.15) is 42.3 Å². The molecule has 0 aromatic heterocycles. The number of carbonyl (C=O) groups is 10. The molecule has 1 saturated heterocycles. The Hall–Kier alpha value is -6.11. The Balaban J connectivity index is 3.21. The van der Waals surface area contributed by atoms with Crippen molar-refractivity contribution < 1.29 is 58.2 Å². The second-order valence-corrected chi connectivity index (χ2v) is 18.0. The van der Waals surface area contributed by atoms with Gasteiger partial charge in [-0.15, -0.1) is 0 Å². The summed E-state index contributed by atoms with van der Waals surface area (Å²) in [5.74, 6) is -8.84. The number of amides is 10. The number of guanidine groups is 1. The minimum atomic E-state index is -1.70. The molecule has 392 valence electrons. The number of hydrogen-bond donors (Lipinski definition) is 12. The summed E-state index contributed by atoms with van der Waals surface area (Å²) in [6, 6.07) is -9.28. The van der Waals surface area contributed by atoms with Crippen LogP contribution in [0.25, 0.3) is 0 Å². The van der Waals surface area contributed by atoms with Gasteiger partial charge in [0.25, 0.3) is 0 Å². The molecule has 0 aliphatic carbocycles. The van der Waals surface area contributed by atoms with Gasteiger partial charge in [0.15, 0.2) is 5.96 Å². The van der Waals surface area contributed by atoms with Gasteiger partial charge in [-0.05, 0) is 57.3 Å². The van der Waals surface area contributed by atoms with E-state index in [0.717, 1.165) is 4.90 Å². The molecule has 0 unspecified atom stereocenters. The fourth-order valence-corrected chi connectivity index (χ4v) is 7.05. The quantitative estimate of drug-likeness (QED) is 0.0192. The highest BCUT2D eigenvalue weighted by Gasteiger charge is 2.40. The first-order chi connectivity index (χ1) is 32.3. The van der Waals surface area contributed by atoms with Crippen molar-refractivity contribution in [2.45, 2.75) is 149 Å². The van der Waals surface area contributed by atoms with Gasteiger partial charge in [0.2, 0.25) is 59.1 Å². The van der Waals surface area contributed by atoms with Crippen molar-refractivity contribution in [1.82, 2.24) is 52.3 Å². The molecule has 1 aliphatic rings. The van der Waals surface area contributed by atoms with E-state index in [1.807, 2.05) is 0 Å².